The smallest absolute Gasteiger partial charge is 0.333 e. The average molecular weight is 443 g/mol. The van der Waals surface area contributed by atoms with Crippen molar-refractivity contribution in [1.82, 2.24) is 0 Å². The summed E-state index contributed by atoms with van der Waals surface area (Å²) in [5.74, 6) is -1.62. The van der Waals surface area contributed by atoms with Gasteiger partial charge in [-0.25, -0.2) is 14.4 Å². The molecular weight excluding hydrogens is 410 g/mol. The topological polar surface area (TPSA) is 155 Å². The van der Waals surface area contributed by atoms with E-state index < -0.39 is 11.9 Å². The number of amides is 1. The molecule has 0 aromatic heterocycles. The largest absolute Gasteiger partial charge is 0.466 e. The fourth-order valence-electron chi connectivity index (χ4n) is 0.835. The van der Waals surface area contributed by atoms with E-state index in [-0.39, 0.29) is 31.3 Å². The van der Waals surface area contributed by atoms with Crippen LogP contribution in [0.15, 0.2) is 49.1 Å². The number of ether oxygens (including phenoxy) is 4. The number of hydrogen-bond donors (Lipinski definition) is 2. The Morgan fingerprint density at radius 1 is 1.03 bits per heavy atom. The van der Waals surface area contributed by atoms with Crippen molar-refractivity contribution in [3.05, 3.63) is 49.1 Å². The fourth-order valence-corrected chi connectivity index (χ4v) is 0.835. The molecule has 1 heterocycles. The number of hydrogen-bond acceptors (Lipinski definition) is 9. The van der Waals surface area contributed by atoms with Crippen LogP contribution in [0.5, 0.6) is 0 Å². The molecule has 10 nitrogen and oxygen atoms in total. The van der Waals surface area contributed by atoms with E-state index in [0.717, 1.165) is 6.08 Å². The minimum absolute atomic E-state index is 0.0465. The van der Waals surface area contributed by atoms with E-state index in [0.29, 0.717) is 29.9 Å². The van der Waals surface area contributed by atoms with Crippen LogP contribution < -0.4 is 5.73 Å². The Morgan fingerprint density at radius 3 is 1.71 bits per heavy atom. The summed E-state index contributed by atoms with van der Waals surface area (Å²) in [6.45, 7) is 19.0. The first-order chi connectivity index (χ1) is 14.3. The predicted octanol–water partition coefficient (Wildman–Crippen LogP) is 0.996. The molecule has 0 aromatic rings. The normalized spacial score (nSPS) is 12.4. The van der Waals surface area contributed by atoms with Gasteiger partial charge in [-0.15, -0.1) is 0 Å². The van der Waals surface area contributed by atoms with E-state index in [2.05, 4.69) is 35.8 Å². The number of methoxy groups -OCH3 is 1. The standard InChI is InChI=1S/C7H10O3.C5H8O3.C5H8O2.C4H7NO/c1-5(2)7(8)10-4-6-3-9-6;1-2-5(7)8-4-3-6;1-4(2)5(6)7-3;1-3(2)4(5)6/h6H,1,3-4H2,2H3;2,6H,1,3-4H2;1H2,2-3H3;1H2,2H3,(H2,5,6). The Labute approximate surface area is 183 Å². The summed E-state index contributed by atoms with van der Waals surface area (Å²) in [6.07, 6.45) is 1.19. The number of carbonyl (C=O) groups is 4. The van der Waals surface area contributed by atoms with Crippen molar-refractivity contribution in [2.45, 2.75) is 26.9 Å². The van der Waals surface area contributed by atoms with Gasteiger partial charge in [0.15, 0.2) is 0 Å². The van der Waals surface area contributed by atoms with Crippen LogP contribution in [0.3, 0.4) is 0 Å². The monoisotopic (exact) mass is 443 g/mol. The Kier molecular flexibility index (Phi) is 21.0. The Hall–Kier alpha value is -3.24. The quantitative estimate of drug-likeness (QED) is 0.242. The molecule has 1 rings (SSSR count). The van der Waals surface area contributed by atoms with Gasteiger partial charge in [-0.3, -0.25) is 4.79 Å². The van der Waals surface area contributed by atoms with Crippen LogP contribution >= 0.6 is 0 Å². The maximum atomic E-state index is 10.7. The van der Waals surface area contributed by atoms with Gasteiger partial charge in [0.1, 0.15) is 19.3 Å². The zero-order chi connectivity index (χ0) is 25.0. The molecule has 0 bridgehead atoms. The van der Waals surface area contributed by atoms with Gasteiger partial charge in [-0.05, 0) is 20.8 Å². The maximum Gasteiger partial charge on any atom is 0.333 e. The molecule has 0 saturated carbocycles. The lowest BCUT2D eigenvalue weighted by atomic mass is 10.3. The second kappa shape index (κ2) is 20.0. The molecule has 1 aliphatic rings. The van der Waals surface area contributed by atoms with Gasteiger partial charge >= 0.3 is 17.9 Å². The van der Waals surface area contributed by atoms with Crippen LogP contribution in [0.25, 0.3) is 0 Å². The van der Waals surface area contributed by atoms with E-state index in [1.807, 2.05) is 0 Å². The van der Waals surface area contributed by atoms with Crippen LogP contribution in [0.2, 0.25) is 0 Å². The first-order valence-electron chi connectivity index (χ1n) is 8.87. The molecule has 176 valence electrons. The molecule has 0 aromatic carbocycles. The Bertz CT molecular complexity index is 637. The SMILES string of the molecule is C=C(C)C(=O)OC.C=C(C)C(=O)OCC1CO1.C=C(C)C(N)=O.C=CC(=O)OCCO. The van der Waals surface area contributed by atoms with E-state index in [9.17, 15) is 19.2 Å². The maximum absolute atomic E-state index is 10.7. The molecule has 31 heavy (non-hydrogen) atoms. The summed E-state index contributed by atoms with van der Waals surface area (Å²) in [6, 6.07) is 0. The third-order valence-electron chi connectivity index (χ3n) is 2.61. The van der Waals surface area contributed by atoms with Crippen LogP contribution in [-0.4, -0.2) is 68.6 Å². The van der Waals surface area contributed by atoms with E-state index in [1.165, 1.54) is 7.11 Å². The van der Waals surface area contributed by atoms with Gasteiger partial charge in [-0.2, -0.15) is 0 Å². The van der Waals surface area contributed by atoms with Gasteiger partial charge in [0.25, 0.3) is 0 Å². The van der Waals surface area contributed by atoms with Crippen molar-refractivity contribution < 1.29 is 43.2 Å². The highest BCUT2D eigenvalue weighted by atomic mass is 16.6. The number of rotatable bonds is 8. The van der Waals surface area contributed by atoms with Crippen molar-refractivity contribution in [2.24, 2.45) is 5.73 Å². The average Bonchev–Trinajstić information content (AvgIpc) is 3.55. The number of carbonyl (C=O) groups excluding carboxylic acids is 4. The molecule has 1 amide bonds. The van der Waals surface area contributed by atoms with Crippen LogP contribution in [0, 0.1) is 0 Å². The predicted molar refractivity (Wildman–Crippen MR) is 115 cm³/mol. The van der Waals surface area contributed by atoms with Crippen molar-refractivity contribution in [3.8, 4) is 0 Å². The summed E-state index contributed by atoms with van der Waals surface area (Å²) in [5, 5.41) is 8.10. The molecule has 1 atom stereocenters. The lowest BCUT2D eigenvalue weighted by Crippen LogP contribution is -2.10. The molecule has 1 aliphatic heterocycles. The van der Waals surface area contributed by atoms with Crippen LogP contribution in [0.1, 0.15) is 20.8 Å². The van der Waals surface area contributed by atoms with Crippen LogP contribution in [-0.2, 0) is 38.1 Å². The minimum Gasteiger partial charge on any atom is -0.466 e. The van der Waals surface area contributed by atoms with E-state index >= 15 is 0 Å². The molecule has 1 saturated heterocycles. The van der Waals surface area contributed by atoms with Gasteiger partial charge in [0.2, 0.25) is 5.91 Å². The fraction of sp³-hybridized carbons (Fsp3) is 0.429. The van der Waals surface area contributed by atoms with Gasteiger partial charge in [-0.1, -0.05) is 26.3 Å². The lowest BCUT2D eigenvalue weighted by molar-refractivity contribution is -0.140. The zero-order valence-corrected chi connectivity index (χ0v) is 18.6. The van der Waals surface area contributed by atoms with E-state index in [1.54, 1.807) is 20.8 Å². The molecule has 10 heteroatoms. The highest BCUT2D eigenvalue weighted by Gasteiger charge is 2.24. The second-order valence-electron chi connectivity index (χ2n) is 5.85. The van der Waals surface area contributed by atoms with Crippen molar-refractivity contribution in [3.63, 3.8) is 0 Å². The number of aliphatic hydroxyl groups is 1. The number of aliphatic hydroxyl groups excluding tert-OH is 1. The van der Waals surface area contributed by atoms with Crippen LogP contribution in [0.4, 0.5) is 0 Å². The van der Waals surface area contributed by atoms with Crippen molar-refractivity contribution in [2.75, 3.05) is 33.5 Å². The van der Waals surface area contributed by atoms with Gasteiger partial charge < -0.3 is 29.8 Å². The molecule has 0 radical (unpaired) electrons. The minimum atomic E-state index is -0.501. The molecule has 1 unspecified atom stereocenters. The molecule has 3 N–H and O–H groups in total. The first kappa shape index (κ1) is 32.4. The summed E-state index contributed by atoms with van der Waals surface area (Å²) >= 11 is 0. The third-order valence-corrected chi connectivity index (χ3v) is 2.61. The van der Waals surface area contributed by atoms with E-state index in [4.69, 9.17) is 20.3 Å². The number of primary amides is 1. The highest BCUT2D eigenvalue weighted by molar-refractivity contribution is 5.90. The molecule has 0 aliphatic carbocycles. The number of esters is 3. The molecule has 1 fully saturated rings. The van der Waals surface area contributed by atoms with Crippen molar-refractivity contribution in [1.29, 1.82) is 0 Å². The summed E-state index contributed by atoms with van der Waals surface area (Å²) in [4.78, 5) is 40.8. The Balaban J connectivity index is -0.000000345. The summed E-state index contributed by atoms with van der Waals surface area (Å²) < 4.78 is 18.2. The summed E-state index contributed by atoms with van der Waals surface area (Å²) in [5.41, 5.74) is 5.96. The molecular formula is C21H33NO9. The van der Waals surface area contributed by atoms with Gasteiger partial charge in [0.05, 0.1) is 20.3 Å². The summed E-state index contributed by atoms with van der Waals surface area (Å²) in [7, 11) is 1.33. The first-order valence-corrected chi connectivity index (χ1v) is 8.87. The zero-order valence-electron chi connectivity index (χ0n) is 18.6. The van der Waals surface area contributed by atoms with Gasteiger partial charge in [0, 0.05) is 22.8 Å². The number of epoxide rings is 1. The number of nitrogens with two attached hydrogens (primary N) is 1. The highest BCUT2D eigenvalue weighted by Crippen LogP contribution is 2.09. The Morgan fingerprint density at radius 2 is 1.48 bits per heavy atom. The third kappa shape index (κ3) is 26.8. The lowest BCUT2D eigenvalue weighted by Gasteiger charge is -1.99. The molecule has 0 spiro atoms. The van der Waals surface area contributed by atoms with Crippen molar-refractivity contribution >= 4 is 23.8 Å². The second-order valence-corrected chi connectivity index (χ2v) is 5.85.